The minimum atomic E-state index is -5.40. The maximum atomic E-state index is 15.3. The van der Waals surface area contributed by atoms with E-state index in [0.717, 1.165) is 17.0 Å². The van der Waals surface area contributed by atoms with Crippen molar-refractivity contribution >= 4 is 17.6 Å². The lowest BCUT2D eigenvalue weighted by Crippen LogP contribution is -2.66. The molecule has 4 rings (SSSR count). The summed E-state index contributed by atoms with van der Waals surface area (Å²) in [5.74, 6) is -3.04. The number of carbonyl (C=O) groups excluding carboxylic acids is 3. The van der Waals surface area contributed by atoms with Gasteiger partial charge in [0.15, 0.2) is 28.8 Å². The predicted molar refractivity (Wildman–Crippen MR) is 147 cm³/mol. The second kappa shape index (κ2) is 11.3. The number of methoxy groups -OCH3 is 5. The molecule has 13 heteroatoms. The number of ketones is 1. The Labute approximate surface area is 246 Å². The molecule has 0 saturated carbocycles. The van der Waals surface area contributed by atoms with Crippen LogP contribution in [0.3, 0.4) is 0 Å². The second-order valence-electron chi connectivity index (χ2n) is 10.9. The summed E-state index contributed by atoms with van der Waals surface area (Å²) in [6, 6.07) is 7.09. The molecule has 1 unspecified atom stereocenters. The molecule has 2 aromatic carbocycles. The number of ether oxygens (including phenoxy) is 5. The zero-order valence-electron chi connectivity index (χ0n) is 24.9. The number of hydrogen-bond acceptors (Lipinski definition) is 8. The van der Waals surface area contributed by atoms with E-state index in [1.54, 1.807) is 32.0 Å². The van der Waals surface area contributed by atoms with Crippen LogP contribution in [0.5, 0.6) is 28.7 Å². The van der Waals surface area contributed by atoms with Crippen molar-refractivity contribution in [1.29, 1.82) is 0 Å². The Bertz CT molecular complexity index is 1480. The van der Waals surface area contributed by atoms with Gasteiger partial charge in [-0.3, -0.25) is 14.4 Å². The highest BCUT2D eigenvalue weighted by Crippen LogP contribution is 2.52. The summed E-state index contributed by atoms with van der Waals surface area (Å²) in [6.45, 7) is 3.08. The molecule has 2 amide bonds. The predicted octanol–water partition coefficient (Wildman–Crippen LogP) is 4.45. The smallest absolute Gasteiger partial charge is 0.425 e. The van der Waals surface area contributed by atoms with E-state index in [2.05, 4.69) is 0 Å². The van der Waals surface area contributed by atoms with Gasteiger partial charge in [-0.25, -0.2) is 0 Å². The van der Waals surface area contributed by atoms with Gasteiger partial charge >= 0.3 is 6.18 Å². The van der Waals surface area contributed by atoms with Crippen molar-refractivity contribution in [3.05, 3.63) is 52.7 Å². The molecule has 10 nitrogen and oxygen atoms in total. The summed E-state index contributed by atoms with van der Waals surface area (Å²) >= 11 is 0. The van der Waals surface area contributed by atoms with Crippen molar-refractivity contribution in [2.75, 3.05) is 35.5 Å². The monoisotopic (exact) mass is 606 g/mol. The highest BCUT2D eigenvalue weighted by Gasteiger charge is 2.71. The lowest BCUT2D eigenvalue weighted by Gasteiger charge is -2.35. The second-order valence-corrected chi connectivity index (χ2v) is 10.9. The van der Waals surface area contributed by atoms with E-state index in [4.69, 9.17) is 23.7 Å². The van der Waals surface area contributed by atoms with Crippen molar-refractivity contribution in [1.82, 2.24) is 10.2 Å². The third-order valence-electron chi connectivity index (χ3n) is 7.59. The third kappa shape index (κ3) is 5.21. The van der Waals surface area contributed by atoms with Crippen molar-refractivity contribution < 1.29 is 51.2 Å². The van der Waals surface area contributed by atoms with E-state index >= 15 is 13.2 Å². The highest BCUT2D eigenvalue weighted by atomic mass is 19.4. The van der Waals surface area contributed by atoms with E-state index < -0.39 is 40.3 Å². The van der Waals surface area contributed by atoms with Gasteiger partial charge in [-0.15, -0.1) is 0 Å². The number of nitrogens with one attached hydrogen (secondary N) is 1. The van der Waals surface area contributed by atoms with Crippen LogP contribution in [0, 0.1) is 5.41 Å². The van der Waals surface area contributed by atoms with Gasteiger partial charge in [0.25, 0.3) is 11.8 Å². The molecular formula is C30H33F3N2O8. The zero-order chi connectivity index (χ0) is 31.9. The van der Waals surface area contributed by atoms with Crippen LogP contribution in [0.4, 0.5) is 13.2 Å². The average Bonchev–Trinajstić information content (AvgIpc) is 3.18. The molecule has 1 N–H and O–H groups in total. The third-order valence-corrected chi connectivity index (χ3v) is 7.59. The number of nitrogens with zero attached hydrogens (tertiary/aromatic N) is 1. The maximum absolute atomic E-state index is 15.3. The van der Waals surface area contributed by atoms with Gasteiger partial charge in [-0.05, 0) is 30.0 Å². The quantitative estimate of drug-likeness (QED) is 0.446. The normalized spacial score (nSPS) is 19.6. The Hall–Kier alpha value is -4.42. The first kappa shape index (κ1) is 31.5. The SMILES string of the molecule is COc1cccc(CN2C(=O)C(NC(=O)c3cc(OC)c(OC)c(OC)c3)(C(F)(F)F)C3=C2CC(C)(C)CC3=O)c1OC. The molecule has 0 spiro atoms. The van der Waals surface area contributed by atoms with Gasteiger partial charge in [0.05, 0.1) is 47.7 Å². The number of carbonyl (C=O) groups is 3. The fourth-order valence-electron chi connectivity index (χ4n) is 5.70. The standard InChI is InChI=1S/C30H33F3N2O8/c1-28(2)13-18-23(19(36)14-28)29(30(31,32)33,27(38)35(18)15-16-9-8-10-20(39-3)24(16)42-6)34-26(37)17-11-21(40-4)25(43-7)22(12-17)41-5/h8-12H,13-15H2,1-7H3,(H,34,37). The minimum absolute atomic E-state index is 0.00736. The lowest BCUT2D eigenvalue weighted by molar-refractivity contribution is -0.190. The molecular weight excluding hydrogens is 573 g/mol. The topological polar surface area (TPSA) is 113 Å². The van der Waals surface area contributed by atoms with Crippen LogP contribution in [0.15, 0.2) is 41.6 Å². The first-order valence-electron chi connectivity index (χ1n) is 13.2. The first-order chi connectivity index (χ1) is 20.2. The fourth-order valence-corrected chi connectivity index (χ4v) is 5.70. The van der Waals surface area contributed by atoms with Crippen LogP contribution in [-0.4, -0.2) is 69.8 Å². The summed E-state index contributed by atoms with van der Waals surface area (Å²) in [7, 11) is 6.65. The molecule has 0 saturated heterocycles. The molecule has 0 aromatic heterocycles. The number of halogens is 3. The molecule has 2 aromatic rings. The molecule has 0 fully saturated rings. The zero-order valence-corrected chi connectivity index (χ0v) is 24.9. The van der Waals surface area contributed by atoms with Crippen LogP contribution >= 0.6 is 0 Å². The van der Waals surface area contributed by atoms with Crippen LogP contribution < -0.4 is 29.0 Å². The molecule has 1 aliphatic heterocycles. The molecule has 0 bridgehead atoms. The van der Waals surface area contributed by atoms with Crippen LogP contribution in [0.2, 0.25) is 0 Å². The molecule has 1 heterocycles. The maximum Gasteiger partial charge on any atom is 0.425 e. The molecule has 1 aliphatic carbocycles. The average molecular weight is 607 g/mol. The summed E-state index contributed by atoms with van der Waals surface area (Å²) in [4.78, 5) is 42.2. The van der Waals surface area contributed by atoms with Gasteiger partial charge in [0.1, 0.15) is 0 Å². The number of alkyl halides is 3. The molecule has 43 heavy (non-hydrogen) atoms. The van der Waals surface area contributed by atoms with Crippen LogP contribution in [0.25, 0.3) is 0 Å². The van der Waals surface area contributed by atoms with Gasteiger partial charge < -0.3 is 33.9 Å². The minimum Gasteiger partial charge on any atom is -0.493 e. The van der Waals surface area contributed by atoms with Gasteiger partial charge in [0, 0.05) is 23.2 Å². The number of amides is 2. The summed E-state index contributed by atoms with van der Waals surface area (Å²) in [5, 5.41) is 1.92. The Morgan fingerprint density at radius 1 is 0.884 bits per heavy atom. The fraction of sp³-hybridized carbons (Fsp3) is 0.433. The number of para-hydroxylation sites is 1. The first-order valence-corrected chi connectivity index (χ1v) is 13.2. The van der Waals surface area contributed by atoms with E-state index in [-0.39, 0.29) is 53.6 Å². The summed E-state index contributed by atoms with van der Waals surface area (Å²) in [5.41, 5.74) is -5.29. The number of rotatable bonds is 9. The van der Waals surface area contributed by atoms with Crippen molar-refractivity contribution in [3.63, 3.8) is 0 Å². The van der Waals surface area contributed by atoms with E-state index in [1.165, 1.54) is 35.5 Å². The van der Waals surface area contributed by atoms with Crippen molar-refractivity contribution in [3.8, 4) is 28.7 Å². The number of allylic oxidation sites excluding steroid dienone is 1. The van der Waals surface area contributed by atoms with Gasteiger partial charge in [-0.1, -0.05) is 26.0 Å². The Morgan fingerprint density at radius 3 is 1.98 bits per heavy atom. The Morgan fingerprint density at radius 2 is 1.47 bits per heavy atom. The lowest BCUT2D eigenvalue weighted by atomic mass is 9.72. The molecule has 232 valence electrons. The number of Topliss-reactive ketones (excluding diaryl/α,β-unsaturated/α-hetero) is 1. The highest BCUT2D eigenvalue weighted by molar-refractivity contribution is 6.14. The van der Waals surface area contributed by atoms with E-state index in [1.807, 2.05) is 5.32 Å². The molecule has 1 atom stereocenters. The Balaban J connectivity index is 1.90. The van der Waals surface area contributed by atoms with Crippen LogP contribution in [0.1, 0.15) is 42.6 Å². The van der Waals surface area contributed by atoms with E-state index in [0.29, 0.717) is 11.3 Å². The number of benzene rings is 2. The number of hydrogen-bond donors (Lipinski definition) is 1. The van der Waals surface area contributed by atoms with Crippen LogP contribution in [-0.2, 0) is 16.1 Å². The van der Waals surface area contributed by atoms with Crippen molar-refractivity contribution in [2.45, 2.75) is 44.9 Å². The van der Waals surface area contributed by atoms with Gasteiger partial charge in [0.2, 0.25) is 11.3 Å². The molecule has 0 radical (unpaired) electrons. The molecule has 2 aliphatic rings. The summed E-state index contributed by atoms with van der Waals surface area (Å²) in [6.07, 6.45) is -5.68. The van der Waals surface area contributed by atoms with Gasteiger partial charge in [-0.2, -0.15) is 13.2 Å². The largest absolute Gasteiger partial charge is 0.493 e. The Kier molecular flexibility index (Phi) is 8.31. The van der Waals surface area contributed by atoms with E-state index in [9.17, 15) is 14.4 Å². The summed E-state index contributed by atoms with van der Waals surface area (Å²) < 4.78 is 72.4. The van der Waals surface area contributed by atoms with Crippen molar-refractivity contribution in [2.24, 2.45) is 5.41 Å².